The van der Waals surface area contributed by atoms with Crippen molar-refractivity contribution < 1.29 is 34.8 Å². The number of nitrogens with zero attached hydrogens (tertiary/aromatic N) is 1. The summed E-state index contributed by atoms with van der Waals surface area (Å²) >= 11 is 0. The highest BCUT2D eigenvalue weighted by molar-refractivity contribution is 5.83. The van der Waals surface area contributed by atoms with Gasteiger partial charge in [0.15, 0.2) is 18.5 Å². The summed E-state index contributed by atoms with van der Waals surface area (Å²) in [7, 11) is 0. The molecule has 0 aliphatic heterocycles. The molecule has 0 aliphatic carbocycles. The van der Waals surface area contributed by atoms with E-state index in [1.54, 1.807) is 24.4 Å². The topological polar surface area (TPSA) is 145 Å². The number of aliphatic hydroxyl groups is 2. The molecule has 0 saturated carbocycles. The number of hydrogen-bond acceptors (Lipinski definition) is 6. The van der Waals surface area contributed by atoms with E-state index in [1.807, 2.05) is 0 Å². The molecule has 1 aromatic heterocycles. The predicted octanol–water partition coefficient (Wildman–Crippen LogP) is -1.23. The number of aliphatic hydroxyl groups excluding tert-OH is 2. The number of aldehydes is 1. The molecular weight excluding hydrogens is 246 g/mol. The van der Waals surface area contributed by atoms with Crippen LogP contribution >= 0.6 is 0 Å². The zero-order chi connectivity index (χ0) is 14.1. The molecule has 0 aromatic carbocycles. The van der Waals surface area contributed by atoms with Crippen molar-refractivity contribution in [3.63, 3.8) is 0 Å². The van der Waals surface area contributed by atoms with Gasteiger partial charge in [-0.25, -0.2) is 9.59 Å². The van der Waals surface area contributed by atoms with Crippen LogP contribution in [-0.4, -0.2) is 55.8 Å². The van der Waals surface area contributed by atoms with E-state index < -0.39 is 24.1 Å². The predicted molar refractivity (Wildman–Crippen MR) is 56.9 cm³/mol. The Morgan fingerprint density at radius 1 is 1.11 bits per heavy atom. The number of hydrogen-bond donors (Lipinski definition) is 4. The van der Waals surface area contributed by atoms with E-state index in [4.69, 9.17) is 20.4 Å². The van der Waals surface area contributed by atoms with Crippen LogP contribution in [0.1, 0.15) is 10.5 Å². The van der Waals surface area contributed by atoms with Crippen molar-refractivity contribution >= 4 is 18.2 Å². The first kappa shape index (κ1) is 15.7. The summed E-state index contributed by atoms with van der Waals surface area (Å²) < 4.78 is 0. The van der Waals surface area contributed by atoms with E-state index >= 15 is 0 Å². The zero-order valence-electron chi connectivity index (χ0n) is 9.00. The number of aromatic nitrogens is 1. The average Bonchev–Trinajstić information content (AvgIpc) is 2.38. The quantitative estimate of drug-likeness (QED) is 0.490. The fourth-order valence-corrected chi connectivity index (χ4v) is 0.716. The normalized spacial score (nSPS) is 12.6. The molecule has 18 heavy (non-hydrogen) atoms. The minimum atomic E-state index is -2.27. The van der Waals surface area contributed by atoms with E-state index in [1.165, 1.54) is 0 Å². The molecule has 0 amide bonds. The molecule has 0 fully saturated rings. The molecule has 2 unspecified atom stereocenters. The van der Waals surface area contributed by atoms with Crippen LogP contribution in [0.2, 0.25) is 0 Å². The Morgan fingerprint density at radius 3 is 1.83 bits per heavy atom. The van der Waals surface area contributed by atoms with Gasteiger partial charge in [0.25, 0.3) is 0 Å². The Kier molecular flexibility index (Phi) is 6.86. The highest BCUT2D eigenvalue weighted by Crippen LogP contribution is 1.92. The fourth-order valence-electron chi connectivity index (χ4n) is 0.716. The summed E-state index contributed by atoms with van der Waals surface area (Å²) in [6.07, 6.45) is -2.22. The van der Waals surface area contributed by atoms with Crippen molar-refractivity contribution in [2.24, 2.45) is 0 Å². The average molecular weight is 257 g/mol. The molecule has 0 aliphatic rings. The standard InChI is InChI=1S/C6H5NO.C4H6O6/c8-5-6-3-1-2-4-7-6;5-1(3(7)8)2(6)4(9)10/h1-5H;1-2,5-6H,(H,7,8)(H,9,10). The monoisotopic (exact) mass is 257 g/mol. The van der Waals surface area contributed by atoms with Crippen LogP contribution in [0, 0.1) is 0 Å². The number of rotatable bonds is 4. The van der Waals surface area contributed by atoms with Gasteiger partial charge in [-0.15, -0.1) is 0 Å². The van der Waals surface area contributed by atoms with Crippen LogP contribution in [0.25, 0.3) is 0 Å². The second-order valence-electron chi connectivity index (χ2n) is 2.94. The number of carbonyl (C=O) groups excluding carboxylic acids is 1. The largest absolute Gasteiger partial charge is 0.479 e. The minimum Gasteiger partial charge on any atom is -0.479 e. The smallest absolute Gasteiger partial charge is 0.335 e. The van der Waals surface area contributed by atoms with Gasteiger partial charge in [-0.1, -0.05) is 6.07 Å². The molecule has 0 spiro atoms. The molecule has 1 rings (SSSR count). The summed E-state index contributed by atoms with van der Waals surface area (Å²) in [4.78, 5) is 33.2. The molecule has 4 N–H and O–H groups in total. The van der Waals surface area contributed by atoms with E-state index in [2.05, 4.69) is 4.98 Å². The molecule has 1 heterocycles. The van der Waals surface area contributed by atoms with Gasteiger partial charge in [0, 0.05) is 6.20 Å². The van der Waals surface area contributed by atoms with Gasteiger partial charge in [0.1, 0.15) is 5.69 Å². The summed E-state index contributed by atoms with van der Waals surface area (Å²) in [6.45, 7) is 0. The maximum Gasteiger partial charge on any atom is 0.335 e. The lowest BCUT2D eigenvalue weighted by molar-refractivity contribution is -0.165. The molecule has 8 nitrogen and oxygen atoms in total. The van der Waals surface area contributed by atoms with Crippen molar-refractivity contribution in [3.05, 3.63) is 30.1 Å². The summed E-state index contributed by atoms with van der Waals surface area (Å²) in [5, 5.41) is 32.5. The van der Waals surface area contributed by atoms with Gasteiger partial charge in [-0.2, -0.15) is 0 Å². The third kappa shape index (κ3) is 5.68. The van der Waals surface area contributed by atoms with E-state index in [-0.39, 0.29) is 0 Å². The third-order valence-electron chi connectivity index (χ3n) is 1.61. The molecule has 0 bridgehead atoms. The Bertz CT molecular complexity index is 388. The number of aliphatic carboxylic acids is 2. The number of carboxylic acid groups (broad SMARTS) is 2. The lowest BCUT2D eigenvalue weighted by Crippen LogP contribution is -2.39. The van der Waals surface area contributed by atoms with E-state index in [0.29, 0.717) is 5.69 Å². The van der Waals surface area contributed by atoms with Crippen LogP contribution < -0.4 is 0 Å². The molecule has 0 radical (unpaired) electrons. The fraction of sp³-hybridized carbons (Fsp3) is 0.200. The highest BCUT2D eigenvalue weighted by Gasteiger charge is 2.29. The first-order valence-corrected chi connectivity index (χ1v) is 4.58. The van der Waals surface area contributed by atoms with Crippen molar-refractivity contribution in [1.82, 2.24) is 4.98 Å². The lowest BCUT2D eigenvalue weighted by atomic mass is 10.2. The van der Waals surface area contributed by atoms with Gasteiger partial charge >= 0.3 is 11.9 Å². The molecule has 0 saturated heterocycles. The van der Waals surface area contributed by atoms with E-state index in [0.717, 1.165) is 6.29 Å². The highest BCUT2D eigenvalue weighted by atomic mass is 16.4. The van der Waals surface area contributed by atoms with Gasteiger partial charge in [-0.3, -0.25) is 9.78 Å². The first-order chi connectivity index (χ1) is 8.40. The van der Waals surface area contributed by atoms with Gasteiger partial charge < -0.3 is 20.4 Å². The van der Waals surface area contributed by atoms with Gasteiger partial charge in [0.05, 0.1) is 0 Å². The third-order valence-corrected chi connectivity index (χ3v) is 1.61. The van der Waals surface area contributed by atoms with Crippen LogP contribution in [0.5, 0.6) is 0 Å². The Balaban J connectivity index is 0.000000327. The Morgan fingerprint density at radius 2 is 1.61 bits per heavy atom. The van der Waals surface area contributed by atoms with Crippen LogP contribution in [0.4, 0.5) is 0 Å². The molecule has 98 valence electrons. The maximum absolute atomic E-state index is 9.94. The first-order valence-electron chi connectivity index (χ1n) is 4.58. The number of carbonyl (C=O) groups is 3. The lowest BCUT2D eigenvalue weighted by Gasteiger charge is -2.07. The molecule has 2 atom stereocenters. The summed E-state index contributed by atoms with van der Waals surface area (Å²) in [5.74, 6) is -3.54. The number of carboxylic acids is 2. The molecule has 1 aromatic rings. The molecular formula is C10H11NO7. The Hall–Kier alpha value is -2.32. The SMILES string of the molecule is O=C(O)C(O)C(O)C(=O)O.O=Cc1ccccn1. The van der Waals surface area contributed by atoms with Crippen LogP contribution in [0.3, 0.4) is 0 Å². The van der Waals surface area contributed by atoms with Crippen LogP contribution in [0.15, 0.2) is 24.4 Å². The van der Waals surface area contributed by atoms with Gasteiger partial charge in [0.2, 0.25) is 0 Å². The second kappa shape index (κ2) is 7.87. The molecule has 8 heteroatoms. The van der Waals surface area contributed by atoms with Crippen molar-refractivity contribution in [3.8, 4) is 0 Å². The summed E-state index contributed by atoms with van der Waals surface area (Å²) in [6, 6.07) is 5.21. The Labute approximate surface area is 101 Å². The van der Waals surface area contributed by atoms with Crippen molar-refractivity contribution in [1.29, 1.82) is 0 Å². The van der Waals surface area contributed by atoms with E-state index in [9.17, 15) is 14.4 Å². The second-order valence-corrected chi connectivity index (χ2v) is 2.94. The number of pyridine rings is 1. The zero-order valence-corrected chi connectivity index (χ0v) is 9.00. The summed E-state index contributed by atoms with van der Waals surface area (Å²) in [5.41, 5.74) is 0.479. The minimum absolute atomic E-state index is 0.479. The maximum atomic E-state index is 9.94. The van der Waals surface area contributed by atoms with Gasteiger partial charge in [-0.05, 0) is 12.1 Å². The van der Waals surface area contributed by atoms with Crippen LogP contribution in [-0.2, 0) is 9.59 Å². The van der Waals surface area contributed by atoms with Crippen molar-refractivity contribution in [2.45, 2.75) is 12.2 Å². The van der Waals surface area contributed by atoms with Crippen molar-refractivity contribution in [2.75, 3.05) is 0 Å².